The van der Waals surface area contributed by atoms with Crippen LogP contribution in [0, 0.1) is 0 Å². The normalized spacial score (nSPS) is 21.6. The molecule has 0 radical (unpaired) electrons. The van der Waals surface area contributed by atoms with E-state index >= 15 is 0 Å². The number of furan rings is 1. The largest absolute Gasteiger partial charge is 0.467 e. The van der Waals surface area contributed by atoms with E-state index in [4.69, 9.17) is 16.0 Å². The highest BCUT2D eigenvalue weighted by atomic mass is 35.5. The van der Waals surface area contributed by atoms with Crippen LogP contribution in [0.3, 0.4) is 0 Å². The van der Waals surface area contributed by atoms with Crippen molar-refractivity contribution < 1.29 is 18.8 Å². The Bertz CT molecular complexity index is 1040. The number of Topliss-reactive ketones (excluding diaryl/α,β-unsaturated/α-hetero) is 1. The summed E-state index contributed by atoms with van der Waals surface area (Å²) in [4.78, 5) is 38.4. The second kappa shape index (κ2) is 9.07. The molecule has 4 rings (SSSR count). The Morgan fingerprint density at radius 2 is 2.03 bits per heavy atom. The Balaban J connectivity index is 1.53. The zero-order chi connectivity index (χ0) is 21.1. The van der Waals surface area contributed by atoms with Crippen molar-refractivity contribution in [1.82, 2.24) is 10.2 Å². The summed E-state index contributed by atoms with van der Waals surface area (Å²) in [6.07, 6.45) is 1.54. The molecule has 0 saturated carbocycles. The number of rotatable bonds is 6. The Hall–Kier alpha value is -2.56. The molecule has 2 aromatic rings. The minimum Gasteiger partial charge on any atom is -0.467 e. The van der Waals surface area contributed by atoms with E-state index in [1.807, 2.05) is 0 Å². The molecule has 30 heavy (non-hydrogen) atoms. The van der Waals surface area contributed by atoms with Crippen LogP contribution in [0.1, 0.15) is 22.5 Å². The molecule has 3 heterocycles. The lowest BCUT2D eigenvalue weighted by Gasteiger charge is -2.14. The highest BCUT2D eigenvalue weighted by Gasteiger charge is 2.40. The van der Waals surface area contributed by atoms with Crippen LogP contribution in [-0.4, -0.2) is 43.8 Å². The first-order valence-corrected chi connectivity index (χ1v) is 11.1. The van der Waals surface area contributed by atoms with Crippen molar-refractivity contribution in [3.8, 4) is 0 Å². The average molecular weight is 463 g/mol. The van der Waals surface area contributed by atoms with Gasteiger partial charge in [-0.05, 0) is 36.4 Å². The predicted octanol–water partition coefficient (Wildman–Crippen LogP) is 3.78. The number of benzene rings is 1. The second-order valence-electron chi connectivity index (χ2n) is 6.37. The lowest BCUT2D eigenvalue weighted by atomic mass is 10.1. The number of hydrogen-bond acceptors (Lipinski definition) is 8. The zero-order valence-corrected chi connectivity index (χ0v) is 17.8. The first kappa shape index (κ1) is 20.7. The lowest BCUT2D eigenvalue weighted by Crippen LogP contribution is -2.32. The molecule has 11 heteroatoms. The SMILES string of the molecule is O=C1N/C(=N\N=C2/SC(CC(=O)c3ccc(Cl)cc3)C(=O)N2Cc2ccco2)CS1. The number of ketones is 1. The van der Waals surface area contributed by atoms with Crippen LogP contribution in [0.5, 0.6) is 0 Å². The minimum atomic E-state index is -0.630. The van der Waals surface area contributed by atoms with E-state index in [-0.39, 0.29) is 29.9 Å². The maximum absolute atomic E-state index is 13.0. The number of amides is 2. The van der Waals surface area contributed by atoms with E-state index in [2.05, 4.69) is 15.5 Å². The number of carbonyl (C=O) groups is 3. The molecule has 0 spiro atoms. The third kappa shape index (κ3) is 4.77. The molecule has 0 bridgehead atoms. The van der Waals surface area contributed by atoms with Crippen LogP contribution in [0.15, 0.2) is 57.3 Å². The molecule has 2 aliphatic rings. The van der Waals surface area contributed by atoms with Gasteiger partial charge in [0.05, 0.1) is 23.8 Å². The van der Waals surface area contributed by atoms with E-state index in [1.165, 1.54) is 22.9 Å². The van der Waals surface area contributed by atoms with E-state index in [1.54, 1.807) is 36.4 Å². The van der Waals surface area contributed by atoms with Crippen molar-refractivity contribution in [2.45, 2.75) is 18.2 Å². The number of nitrogens with one attached hydrogen (secondary N) is 1. The molecule has 2 amide bonds. The summed E-state index contributed by atoms with van der Waals surface area (Å²) < 4.78 is 5.35. The van der Waals surface area contributed by atoms with Crippen LogP contribution in [0.4, 0.5) is 4.79 Å². The van der Waals surface area contributed by atoms with Gasteiger partial charge in [-0.3, -0.25) is 19.3 Å². The van der Waals surface area contributed by atoms with Crippen LogP contribution in [-0.2, 0) is 11.3 Å². The van der Waals surface area contributed by atoms with Crippen molar-refractivity contribution in [2.75, 3.05) is 5.75 Å². The smallest absolute Gasteiger partial charge is 0.284 e. The van der Waals surface area contributed by atoms with Crippen molar-refractivity contribution in [2.24, 2.45) is 10.2 Å². The summed E-state index contributed by atoms with van der Waals surface area (Å²) >= 11 is 8.14. The molecular weight excluding hydrogens is 448 g/mol. The average Bonchev–Trinajstić information content (AvgIpc) is 3.45. The number of thioether (sulfide) groups is 2. The van der Waals surface area contributed by atoms with E-state index in [9.17, 15) is 14.4 Å². The third-order valence-electron chi connectivity index (χ3n) is 4.29. The summed E-state index contributed by atoms with van der Waals surface area (Å²) in [5.74, 6) is 0.984. The van der Waals surface area contributed by atoms with Gasteiger partial charge in [-0.25, -0.2) is 0 Å². The van der Waals surface area contributed by atoms with Crippen LogP contribution < -0.4 is 5.32 Å². The van der Waals surface area contributed by atoms with Crippen molar-refractivity contribution >= 4 is 63.1 Å². The number of nitrogens with zero attached hydrogens (tertiary/aromatic N) is 3. The van der Waals surface area contributed by atoms with Crippen molar-refractivity contribution in [1.29, 1.82) is 0 Å². The van der Waals surface area contributed by atoms with Crippen molar-refractivity contribution in [3.63, 3.8) is 0 Å². The number of amidine groups is 2. The molecule has 2 fully saturated rings. The zero-order valence-electron chi connectivity index (χ0n) is 15.4. The summed E-state index contributed by atoms with van der Waals surface area (Å²) in [5, 5.41) is 10.9. The fourth-order valence-corrected chi connectivity index (χ4v) is 4.62. The van der Waals surface area contributed by atoms with Crippen LogP contribution in [0.25, 0.3) is 0 Å². The molecule has 0 aliphatic carbocycles. The first-order chi connectivity index (χ1) is 14.5. The van der Waals surface area contributed by atoms with Gasteiger partial charge < -0.3 is 9.73 Å². The van der Waals surface area contributed by atoms with Gasteiger partial charge in [0.25, 0.3) is 5.24 Å². The Morgan fingerprint density at radius 3 is 2.70 bits per heavy atom. The summed E-state index contributed by atoms with van der Waals surface area (Å²) in [5.41, 5.74) is 0.488. The van der Waals surface area contributed by atoms with Gasteiger partial charge in [0.1, 0.15) is 11.6 Å². The second-order valence-corrected chi connectivity index (χ2v) is 8.93. The Morgan fingerprint density at radius 1 is 1.23 bits per heavy atom. The number of halogens is 1. The first-order valence-electron chi connectivity index (χ1n) is 8.87. The molecule has 1 unspecified atom stereocenters. The molecule has 8 nitrogen and oxygen atoms in total. The van der Waals surface area contributed by atoms with Gasteiger partial charge in [0.2, 0.25) is 5.91 Å². The van der Waals surface area contributed by atoms with Crippen LogP contribution >= 0.6 is 35.1 Å². The third-order valence-corrected chi connectivity index (χ3v) is 6.49. The Kier molecular flexibility index (Phi) is 6.26. The highest BCUT2D eigenvalue weighted by molar-refractivity contribution is 8.15. The van der Waals surface area contributed by atoms with Gasteiger partial charge in [0.15, 0.2) is 11.0 Å². The maximum atomic E-state index is 13.0. The molecule has 1 N–H and O–H groups in total. The summed E-state index contributed by atoms with van der Waals surface area (Å²) in [7, 11) is 0. The number of hydrogen-bond donors (Lipinski definition) is 1. The standard InChI is InChI=1S/C19H15ClN4O4S2/c20-12-5-3-11(4-6-12)14(25)8-15-17(26)24(9-13-2-1-7-28-13)18(30-15)23-22-16-10-29-19(27)21-16/h1-7,15H,8-10H2,(H,21,22,27)/b23-18-. The van der Waals surface area contributed by atoms with E-state index < -0.39 is 5.25 Å². The highest BCUT2D eigenvalue weighted by Crippen LogP contribution is 2.32. The molecular formula is C19H15ClN4O4S2. The van der Waals surface area contributed by atoms with E-state index in [0.717, 1.165) is 11.8 Å². The molecule has 2 aliphatic heterocycles. The van der Waals surface area contributed by atoms with Crippen LogP contribution in [0.2, 0.25) is 5.02 Å². The van der Waals surface area contributed by atoms with Gasteiger partial charge in [-0.2, -0.15) is 0 Å². The summed E-state index contributed by atoms with van der Waals surface area (Å²) in [6.45, 7) is 0.176. The predicted molar refractivity (Wildman–Crippen MR) is 117 cm³/mol. The van der Waals surface area contributed by atoms with Crippen molar-refractivity contribution in [3.05, 3.63) is 59.0 Å². The van der Waals surface area contributed by atoms with Gasteiger partial charge in [-0.1, -0.05) is 35.1 Å². The minimum absolute atomic E-state index is 0.0158. The van der Waals surface area contributed by atoms with Gasteiger partial charge in [-0.15, -0.1) is 10.2 Å². The fourth-order valence-electron chi connectivity index (χ4n) is 2.82. The lowest BCUT2D eigenvalue weighted by molar-refractivity contribution is -0.126. The topological polar surface area (TPSA) is 104 Å². The van der Waals surface area contributed by atoms with Gasteiger partial charge >= 0.3 is 0 Å². The Labute approximate surface area is 185 Å². The van der Waals surface area contributed by atoms with Gasteiger partial charge in [0, 0.05) is 17.0 Å². The monoisotopic (exact) mass is 462 g/mol. The van der Waals surface area contributed by atoms with E-state index in [0.29, 0.717) is 33.1 Å². The molecule has 1 aromatic carbocycles. The summed E-state index contributed by atoms with van der Waals surface area (Å²) in [6, 6.07) is 10.0. The number of carbonyl (C=O) groups excluding carboxylic acids is 3. The molecule has 1 aromatic heterocycles. The quantitative estimate of drug-likeness (QED) is 0.517. The molecule has 2 saturated heterocycles. The maximum Gasteiger partial charge on any atom is 0.284 e. The fraction of sp³-hybridized carbons (Fsp3) is 0.211. The molecule has 1 atom stereocenters. The molecule has 154 valence electrons.